The lowest BCUT2D eigenvalue weighted by molar-refractivity contribution is -0.119. The number of ether oxygens (including phenoxy) is 1. The molecule has 8 heteroatoms. The van der Waals surface area contributed by atoms with E-state index in [4.69, 9.17) is 4.74 Å². The number of anilines is 1. The molecule has 1 aromatic rings. The van der Waals surface area contributed by atoms with Crippen molar-refractivity contribution in [3.8, 4) is 0 Å². The van der Waals surface area contributed by atoms with E-state index in [0.717, 1.165) is 41.9 Å². The highest BCUT2D eigenvalue weighted by molar-refractivity contribution is 8.01. The number of nitrogens with zero attached hydrogens (tertiary/aromatic N) is 2. The molecule has 1 amide bonds. The first kappa shape index (κ1) is 17.9. The summed E-state index contributed by atoms with van der Waals surface area (Å²) in [6, 6.07) is 0.338. The van der Waals surface area contributed by atoms with E-state index < -0.39 is 0 Å². The molecule has 2 aliphatic rings. The van der Waals surface area contributed by atoms with Gasteiger partial charge in [-0.2, -0.15) is 0 Å². The van der Waals surface area contributed by atoms with Crippen molar-refractivity contribution in [2.75, 3.05) is 24.2 Å². The average Bonchev–Trinajstić information content (AvgIpc) is 3.25. The van der Waals surface area contributed by atoms with Crippen molar-refractivity contribution in [2.45, 2.75) is 61.9 Å². The Bertz CT molecular complexity index is 534. The van der Waals surface area contributed by atoms with Gasteiger partial charge in [0, 0.05) is 19.2 Å². The molecule has 1 aromatic heterocycles. The number of hydrogen-bond donors (Lipinski definition) is 2. The second-order valence-corrected chi connectivity index (χ2v) is 8.81. The highest BCUT2D eigenvalue weighted by Gasteiger charge is 2.23. The number of nitrogens with one attached hydrogen (secondary N) is 2. The fourth-order valence-electron chi connectivity index (χ4n) is 3.25. The van der Waals surface area contributed by atoms with Crippen molar-refractivity contribution in [2.24, 2.45) is 5.92 Å². The number of carbonyl (C=O) groups excluding carboxylic acids is 1. The number of thioether (sulfide) groups is 1. The summed E-state index contributed by atoms with van der Waals surface area (Å²) in [5.74, 6) is 1.09. The molecular formula is C16H26N4O2S2. The van der Waals surface area contributed by atoms with Gasteiger partial charge in [-0.1, -0.05) is 42.9 Å². The third kappa shape index (κ3) is 5.32. The van der Waals surface area contributed by atoms with Gasteiger partial charge in [-0.3, -0.25) is 4.79 Å². The van der Waals surface area contributed by atoms with Crippen LogP contribution in [0.1, 0.15) is 45.4 Å². The maximum atomic E-state index is 12.1. The van der Waals surface area contributed by atoms with Crippen molar-refractivity contribution in [1.82, 2.24) is 15.5 Å². The lowest BCUT2D eigenvalue weighted by Crippen LogP contribution is -2.41. The molecule has 1 saturated carbocycles. The van der Waals surface area contributed by atoms with Gasteiger partial charge in [0.05, 0.1) is 11.9 Å². The molecular weight excluding hydrogens is 344 g/mol. The molecule has 3 rings (SSSR count). The van der Waals surface area contributed by atoms with Gasteiger partial charge in [0.1, 0.15) is 0 Å². The highest BCUT2D eigenvalue weighted by Crippen LogP contribution is 2.27. The molecule has 24 heavy (non-hydrogen) atoms. The van der Waals surface area contributed by atoms with Crippen LogP contribution in [0.4, 0.5) is 5.13 Å². The zero-order valence-corrected chi connectivity index (χ0v) is 15.8. The number of hydrogen-bond acceptors (Lipinski definition) is 7. The summed E-state index contributed by atoms with van der Waals surface area (Å²) < 4.78 is 6.41. The zero-order valence-electron chi connectivity index (χ0n) is 14.1. The third-order valence-corrected chi connectivity index (χ3v) is 6.71. The van der Waals surface area contributed by atoms with Crippen LogP contribution < -0.4 is 10.6 Å². The van der Waals surface area contributed by atoms with Crippen molar-refractivity contribution in [3.63, 3.8) is 0 Å². The summed E-state index contributed by atoms with van der Waals surface area (Å²) in [5, 5.41) is 15.5. The minimum absolute atomic E-state index is 0.0998. The van der Waals surface area contributed by atoms with Gasteiger partial charge in [0.2, 0.25) is 11.0 Å². The Kier molecular flexibility index (Phi) is 6.74. The van der Waals surface area contributed by atoms with E-state index >= 15 is 0 Å². The normalized spacial score (nSPS) is 27.1. The van der Waals surface area contributed by atoms with Crippen molar-refractivity contribution in [3.05, 3.63) is 0 Å². The van der Waals surface area contributed by atoms with E-state index in [0.29, 0.717) is 17.7 Å². The van der Waals surface area contributed by atoms with E-state index in [2.05, 4.69) is 27.8 Å². The zero-order chi connectivity index (χ0) is 16.8. The van der Waals surface area contributed by atoms with Crippen LogP contribution in [0, 0.1) is 5.92 Å². The molecule has 2 heterocycles. The number of aromatic nitrogens is 2. The first-order valence-corrected chi connectivity index (χ1v) is 10.6. The van der Waals surface area contributed by atoms with Crippen LogP contribution in [0.15, 0.2) is 4.34 Å². The number of carbonyl (C=O) groups is 1. The Morgan fingerprint density at radius 3 is 2.96 bits per heavy atom. The molecule has 6 nitrogen and oxygen atoms in total. The fraction of sp³-hybridized carbons (Fsp3) is 0.812. The maximum Gasteiger partial charge on any atom is 0.230 e. The van der Waals surface area contributed by atoms with Crippen LogP contribution >= 0.6 is 23.1 Å². The van der Waals surface area contributed by atoms with Gasteiger partial charge >= 0.3 is 0 Å². The van der Waals surface area contributed by atoms with Gasteiger partial charge in [-0.15, -0.1) is 10.2 Å². The first-order valence-electron chi connectivity index (χ1n) is 8.82. The largest absolute Gasteiger partial charge is 0.376 e. The average molecular weight is 371 g/mol. The summed E-state index contributed by atoms with van der Waals surface area (Å²) in [6.45, 7) is 3.87. The molecule has 0 radical (unpaired) electrons. The lowest BCUT2D eigenvalue weighted by atomic mass is 9.86. The molecule has 2 fully saturated rings. The molecule has 1 aliphatic carbocycles. The van der Waals surface area contributed by atoms with Gasteiger partial charge < -0.3 is 15.4 Å². The quantitative estimate of drug-likeness (QED) is 0.719. The Labute approximate surface area is 151 Å². The smallest absolute Gasteiger partial charge is 0.230 e. The fourth-order valence-corrected chi connectivity index (χ4v) is 4.82. The van der Waals surface area contributed by atoms with Crippen molar-refractivity contribution < 1.29 is 9.53 Å². The molecule has 2 N–H and O–H groups in total. The lowest BCUT2D eigenvalue weighted by Gasteiger charge is -2.29. The molecule has 134 valence electrons. The SMILES string of the molecule is CC1CCCCC1NC(=O)CSc1nnc(NCC2CCCO2)s1. The Hall–Kier alpha value is -0.860. The molecule has 3 atom stereocenters. The predicted octanol–water partition coefficient (Wildman–Crippen LogP) is 2.92. The minimum atomic E-state index is 0.0998. The molecule has 0 aromatic carbocycles. The molecule has 0 spiro atoms. The second-order valence-electron chi connectivity index (χ2n) is 6.61. The van der Waals surface area contributed by atoms with Gasteiger partial charge in [-0.25, -0.2) is 0 Å². The van der Waals surface area contributed by atoms with Crippen LogP contribution in [0.5, 0.6) is 0 Å². The highest BCUT2D eigenvalue weighted by atomic mass is 32.2. The number of amides is 1. The molecule has 0 bridgehead atoms. The van der Waals surface area contributed by atoms with Crippen LogP contribution in [0.2, 0.25) is 0 Å². The van der Waals surface area contributed by atoms with E-state index in [9.17, 15) is 4.79 Å². The standard InChI is InChI=1S/C16H26N4O2S2/c1-11-5-2-3-7-13(11)18-14(21)10-23-16-20-19-15(24-16)17-9-12-6-4-8-22-12/h11-13H,2-10H2,1H3,(H,17,19)(H,18,21). The van der Waals surface area contributed by atoms with Gasteiger partial charge in [0.25, 0.3) is 0 Å². The summed E-state index contributed by atoms with van der Waals surface area (Å²) >= 11 is 2.96. The van der Waals surface area contributed by atoms with Gasteiger partial charge in [0.15, 0.2) is 4.34 Å². The molecule has 1 saturated heterocycles. The minimum Gasteiger partial charge on any atom is -0.376 e. The summed E-state index contributed by atoms with van der Waals surface area (Å²) in [4.78, 5) is 12.1. The van der Waals surface area contributed by atoms with E-state index in [1.54, 1.807) is 0 Å². The van der Waals surface area contributed by atoms with E-state index in [1.807, 2.05) is 0 Å². The summed E-state index contributed by atoms with van der Waals surface area (Å²) in [5.41, 5.74) is 0. The number of rotatable bonds is 7. The Morgan fingerprint density at radius 2 is 2.17 bits per heavy atom. The predicted molar refractivity (Wildman–Crippen MR) is 97.7 cm³/mol. The van der Waals surface area contributed by atoms with Crippen molar-refractivity contribution in [1.29, 1.82) is 0 Å². The van der Waals surface area contributed by atoms with Gasteiger partial charge in [-0.05, 0) is 31.6 Å². The Balaban J connectivity index is 1.37. The van der Waals surface area contributed by atoms with Crippen LogP contribution in [0.25, 0.3) is 0 Å². The molecule has 1 aliphatic heterocycles. The maximum absolute atomic E-state index is 12.1. The topological polar surface area (TPSA) is 76.1 Å². The summed E-state index contributed by atoms with van der Waals surface area (Å²) in [7, 11) is 0. The first-order chi connectivity index (χ1) is 11.7. The summed E-state index contributed by atoms with van der Waals surface area (Å²) in [6.07, 6.45) is 7.36. The Morgan fingerprint density at radius 1 is 1.29 bits per heavy atom. The van der Waals surface area contributed by atoms with Crippen LogP contribution in [0.3, 0.4) is 0 Å². The third-order valence-electron chi connectivity index (χ3n) is 4.70. The van der Waals surface area contributed by atoms with Crippen LogP contribution in [-0.4, -0.2) is 47.2 Å². The van der Waals surface area contributed by atoms with E-state index in [1.165, 1.54) is 42.4 Å². The van der Waals surface area contributed by atoms with E-state index in [-0.39, 0.29) is 12.0 Å². The van der Waals surface area contributed by atoms with Crippen LogP contribution in [-0.2, 0) is 9.53 Å². The molecule has 3 unspecified atom stereocenters. The second kappa shape index (κ2) is 9.01. The van der Waals surface area contributed by atoms with Crippen molar-refractivity contribution >= 4 is 34.1 Å². The monoisotopic (exact) mass is 370 g/mol.